The molecule has 0 radical (unpaired) electrons. The van der Waals surface area contributed by atoms with E-state index in [1.807, 2.05) is 6.07 Å². The molecule has 0 fully saturated rings. The Bertz CT molecular complexity index is 502. The van der Waals surface area contributed by atoms with Gasteiger partial charge in [-0.1, -0.05) is 53.1 Å². The van der Waals surface area contributed by atoms with E-state index < -0.39 is 0 Å². The summed E-state index contributed by atoms with van der Waals surface area (Å²) in [6.45, 7) is 9.69. The highest BCUT2D eigenvalue weighted by molar-refractivity contribution is 5.43. The zero-order valence-corrected chi connectivity index (χ0v) is 14.7. The van der Waals surface area contributed by atoms with E-state index in [2.05, 4.69) is 75.5 Å². The Labute approximate surface area is 136 Å². The molecule has 1 heteroatoms. The second-order valence-electron chi connectivity index (χ2n) is 6.21. The Balaban J connectivity index is 2.22. The summed E-state index contributed by atoms with van der Waals surface area (Å²) >= 11 is 0. The second-order valence-corrected chi connectivity index (χ2v) is 6.21. The molecule has 1 aromatic rings. The van der Waals surface area contributed by atoms with Crippen molar-refractivity contribution in [1.29, 1.82) is 0 Å². The average molecular weight is 297 g/mol. The predicted molar refractivity (Wildman–Crippen MR) is 100 cm³/mol. The monoisotopic (exact) mass is 297 g/mol. The summed E-state index contributed by atoms with van der Waals surface area (Å²) in [7, 11) is 0. The molecule has 0 amide bonds. The first-order valence-corrected chi connectivity index (χ1v) is 8.31. The molecule has 0 aromatic heterocycles. The minimum Gasteiger partial charge on any atom is -0.382 e. The van der Waals surface area contributed by atoms with Gasteiger partial charge in [-0.2, -0.15) is 0 Å². The van der Waals surface area contributed by atoms with Gasteiger partial charge in [0.15, 0.2) is 0 Å². The lowest BCUT2D eigenvalue weighted by Gasteiger charge is -2.04. The third-order valence-electron chi connectivity index (χ3n) is 3.65. The largest absolute Gasteiger partial charge is 0.382 e. The van der Waals surface area contributed by atoms with Crippen LogP contribution in [0.5, 0.6) is 0 Å². The Morgan fingerprint density at radius 2 is 1.41 bits per heavy atom. The first-order chi connectivity index (χ1) is 10.6. The predicted octanol–water partition coefficient (Wildman–Crippen LogP) is 6.52. The molecule has 1 aromatic carbocycles. The molecule has 0 aliphatic heterocycles. The molecule has 0 saturated heterocycles. The van der Waals surface area contributed by atoms with Gasteiger partial charge in [-0.25, -0.2) is 0 Å². The Hall–Kier alpha value is -1.76. The fraction of sp³-hybridized carbons (Fsp3) is 0.429. The van der Waals surface area contributed by atoms with Gasteiger partial charge in [-0.15, -0.1) is 0 Å². The lowest BCUT2D eigenvalue weighted by Crippen LogP contribution is -1.98. The van der Waals surface area contributed by atoms with Crippen molar-refractivity contribution in [2.45, 2.75) is 53.4 Å². The molecule has 0 aliphatic carbocycles. The van der Waals surface area contributed by atoms with Crippen LogP contribution in [0.2, 0.25) is 0 Å². The number of nitrogens with one attached hydrogen (secondary N) is 1. The van der Waals surface area contributed by atoms with Gasteiger partial charge in [0.1, 0.15) is 0 Å². The molecule has 0 saturated carbocycles. The quantitative estimate of drug-likeness (QED) is 0.512. The van der Waals surface area contributed by atoms with Gasteiger partial charge >= 0.3 is 0 Å². The second kappa shape index (κ2) is 10.9. The van der Waals surface area contributed by atoms with Crippen molar-refractivity contribution in [3.63, 3.8) is 0 Å². The topological polar surface area (TPSA) is 12.0 Å². The van der Waals surface area contributed by atoms with Crippen molar-refractivity contribution >= 4 is 5.69 Å². The van der Waals surface area contributed by atoms with Gasteiger partial charge in [0.25, 0.3) is 0 Å². The highest BCUT2D eigenvalue weighted by Gasteiger charge is 1.92. The molecular weight excluding hydrogens is 266 g/mol. The molecule has 120 valence electrons. The number of para-hydroxylation sites is 1. The SMILES string of the molecule is CC(C)=CCCC(C)=CCCC(C)=CCNc1ccccc1. The minimum atomic E-state index is 0.902. The van der Waals surface area contributed by atoms with E-state index in [0.29, 0.717) is 0 Å². The summed E-state index contributed by atoms with van der Waals surface area (Å²) in [5, 5.41) is 3.41. The van der Waals surface area contributed by atoms with E-state index in [-0.39, 0.29) is 0 Å². The van der Waals surface area contributed by atoms with Gasteiger partial charge < -0.3 is 5.32 Å². The van der Waals surface area contributed by atoms with E-state index in [0.717, 1.165) is 19.4 Å². The van der Waals surface area contributed by atoms with E-state index >= 15 is 0 Å². The van der Waals surface area contributed by atoms with Crippen molar-refractivity contribution in [2.24, 2.45) is 0 Å². The van der Waals surface area contributed by atoms with E-state index in [9.17, 15) is 0 Å². The number of anilines is 1. The van der Waals surface area contributed by atoms with E-state index in [4.69, 9.17) is 0 Å². The number of hydrogen-bond donors (Lipinski definition) is 1. The number of rotatable bonds is 9. The standard InChI is InChI=1S/C21H31N/c1-18(2)10-8-11-19(3)12-9-13-20(4)16-17-22-21-14-6-5-7-15-21/h5-7,10,12,14-16,22H,8-9,11,13,17H2,1-4H3. The normalized spacial score (nSPS) is 12.2. The van der Waals surface area contributed by atoms with Gasteiger partial charge in [0.2, 0.25) is 0 Å². The van der Waals surface area contributed by atoms with Crippen LogP contribution in [0.4, 0.5) is 5.69 Å². The zero-order valence-electron chi connectivity index (χ0n) is 14.7. The fourth-order valence-electron chi connectivity index (χ4n) is 2.24. The van der Waals surface area contributed by atoms with Crippen LogP contribution in [0.15, 0.2) is 65.3 Å². The van der Waals surface area contributed by atoms with Gasteiger partial charge in [-0.05, 0) is 65.5 Å². The average Bonchev–Trinajstić information content (AvgIpc) is 2.48. The van der Waals surface area contributed by atoms with E-state index in [1.165, 1.54) is 35.2 Å². The van der Waals surface area contributed by atoms with Crippen LogP contribution < -0.4 is 5.32 Å². The van der Waals surface area contributed by atoms with Crippen LogP contribution >= 0.6 is 0 Å². The van der Waals surface area contributed by atoms with Crippen LogP contribution in [-0.2, 0) is 0 Å². The highest BCUT2D eigenvalue weighted by atomic mass is 14.8. The Morgan fingerprint density at radius 3 is 2.05 bits per heavy atom. The van der Waals surface area contributed by atoms with Crippen LogP contribution in [0.3, 0.4) is 0 Å². The van der Waals surface area contributed by atoms with Crippen LogP contribution in [0.1, 0.15) is 53.4 Å². The number of allylic oxidation sites excluding steroid dienone is 5. The molecule has 1 nitrogen and oxygen atoms in total. The zero-order chi connectivity index (χ0) is 16.2. The highest BCUT2D eigenvalue weighted by Crippen LogP contribution is 2.11. The van der Waals surface area contributed by atoms with Crippen molar-refractivity contribution < 1.29 is 0 Å². The molecule has 0 aliphatic rings. The molecule has 0 bridgehead atoms. The Kier molecular flexibility index (Phi) is 9.06. The molecule has 0 heterocycles. The first-order valence-electron chi connectivity index (χ1n) is 8.31. The van der Waals surface area contributed by atoms with Gasteiger partial charge in [0, 0.05) is 12.2 Å². The van der Waals surface area contributed by atoms with Crippen molar-refractivity contribution in [2.75, 3.05) is 11.9 Å². The molecule has 1 rings (SSSR count). The first kappa shape index (κ1) is 18.3. The fourth-order valence-corrected chi connectivity index (χ4v) is 2.24. The van der Waals surface area contributed by atoms with Gasteiger partial charge in [-0.3, -0.25) is 0 Å². The number of hydrogen-bond acceptors (Lipinski definition) is 1. The van der Waals surface area contributed by atoms with E-state index in [1.54, 1.807) is 0 Å². The summed E-state index contributed by atoms with van der Waals surface area (Å²) < 4.78 is 0. The van der Waals surface area contributed by atoms with Crippen molar-refractivity contribution in [1.82, 2.24) is 0 Å². The number of benzene rings is 1. The summed E-state index contributed by atoms with van der Waals surface area (Å²) in [5.74, 6) is 0. The van der Waals surface area contributed by atoms with Gasteiger partial charge in [0.05, 0.1) is 0 Å². The molecular formula is C21H31N. The van der Waals surface area contributed by atoms with Crippen molar-refractivity contribution in [3.8, 4) is 0 Å². The third kappa shape index (κ3) is 9.23. The molecule has 0 spiro atoms. The van der Waals surface area contributed by atoms with Crippen LogP contribution in [0, 0.1) is 0 Å². The third-order valence-corrected chi connectivity index (χ3v) is 3.65. The lowest BCUT2D eigenvalue weighted by atomic mass is 10.1. The smallest absolute Gasteiger partial charge is 0.0342 e. The maximum absolute atomic E-state index is 3.41. The summed E-state index contributed by atoms with van der Waals surface area (Å²) in [5.41, 5.74) is 5.56. The Morgan fingerprint density at radius 1 is 0.818 bits per heavy atom. The molecule has 0 atom stereocenters. The summed E-state index contributed by atoms with van der Waals surface area (Å²) in [6.07, 6.45) is 11.6. The van der Waals surface area contributed by atoms with Crippen molar-refractivity contribution in [3.05, 3.63) is 65.3 Å². The summed E-state index contributed by atoms with van der Waals surface area (Å²) in [6, 6.07) is 10.4. The maximum Gasteiger partial charge on any atom is 0.0342 e. The van der Waals surface area contributed by atoms with Crippen LogP contribution in [0.25, 0.3) is 0 Å². The van der Waals surface area contributed by atoms with Crippen LogP contribution in [-0.4, -0.2) is 6.54 Å². The summed E-state index contributed by atoms with van der Waals surface area (Å²) in [4.78, 5) is 0. The molecule has 1 N–H and O–H groups in total. The maximum atomic E-state index is 3.41. The molecule has 22 heavy (non-hydrogen) atoms. The minimum absolute atomic E-state index is 0.902. The lowest BCUT2D eigenvalue weighted by molar-refractivity contribution is 0.916. The molecule has 0 unspecified atom stereocenters.